The summed E-state index contributed by atoms with van der Waals surface area (Å²) >= 11 is 5.84. The molecular weight excluding hydrogens is 317 g/mol. The van der Waals surface area contributed by atoms with E-state index in [1.54, 1.807) is 6.07 Å². The molecule has 1 fully saturated rings. The number of carboxylic acid groups (broad SMARTS) is 1. The lowest BCUT2D eigenvalue weighted by molar-refractivity contribution is -0.146. The van der Waals surface area contributed by atoms with E-state index >= 15 is 0 Å². The predicted molar refractivity (Wildman–Crippen MR) is 79.9 cm³/mol. The number of aliphatic hydroxyl groups excluding tert-OH is 1. The Balaban J connectivity index is 2.34. The second-order valence-corrected chi connectivity index (χ2v) is 5.79. The van der Waals surface area contributed by atoms with Crippen LogP contribution in [0.1, 0.15) is 5.56 Å². The van der Waals surface area contributed by atoms with Crippen molar-refractivity contribution < 1.29 is 24.2 Å². The third-order valence-corrected chi connectivity index (χ3v) is 4.12. The van der Waals surface area contributed by atoms with Crippen LogP contribution < -0.4 is 0 Å². The molecule has 0 aromatic heterocycles. The molecule has 0 bridgehead atoms. The molecule has 1 atom stereocenters. The quantitative estimate of drug-likeness (QED) is 0.644. The molecule has 2 N–H and O–H groups in total. The fourth-order valence-electron chi connectivity index (χ4n) is 1.75. The average molecular weight is 327 g/mol. The second-order valence-electron chi connectivity index (χ2n) is 4.11. The zero-order chi connectivity index (χ0) is 15.6. The van der Waals surface area contributed by atoms with Crippen LogP contribution in [-0.2, 0) is 9.59 Å². The maximum atomic E-state index is 13.6. The fourth-order valence-corrected chi connectivity index (χ4v) is 3.10. The molecule has 1 aromatic carbocycles. The molecule has 1 saturated heterocycles. The number of aliphatic hydroxyl groups is 1. The molecule has 0 radical (unpaired) electrons. The molecule has 110 valence electrons. The van der Waals surface area contributed by atoms with Crippen LogP contribution in [0, 0.1) is 5.82 Å². The summed E-state index contributed by atoms with van der Waals surface area (Å²) in [7, 11) is 0. The fraction of sp³-hybridized carbons (Fsp3) is 0.154. The Bertz CT molecular complexity index is 647. The SMILES string of the molecule is O=C(O)[C@@H](CO)N1C(=O)/C(=C/c2ccccc2F)SC1=S. The van der Waals surface area contributed by atoms with E-state index in [0.717, 1.165) is 16.7 Å². The summed E-state index contributed by atoms with van der Waals surface area (Å²) in [6.45, 7) is -0.755. The molecule has 8 heteroatoms. The lowest BCUT2D eigenvalue weighted by atomic mass is 10.2. The van der Waals surface area contributed by atoms with Crippen LogP contribution in [0.25, 0.3) is 6.08 Å². The van der Waals surface area contributed by atoms with E-state index in [1.165, 1.54) is 24.3 Å². The van der Waals surface area contributed by atoms with Crippen LogP contribution in [-0.4, -0.2) is 44.0 Å². The normalized spacial score (nSPS) is 18.4. The largest absolute Gasteiger partial charge is 0.480 e. The van der Waals surface area contributed by atoms with Crippen LogP contribution in [0.5, 0.6) is 0 Å². The number of halogens is 1. The molecule has 0 saturated carbocycles. The van der Waals surface area contributed by atoms with E-state index < -0.39 is 30.3 Å². The van der Waals surface area contributed by atoms with Gasteiger partial charge < -0.3 is 10.2 Å². The number of carbonyl (C=O) groups excluding carboxylic acids is 1. The lowest BCUT2D eigenvalue weighted by Crippen LogP contribution is -2.46. The van der Waals surface area contributed by atoms with Gasteiger partial charge in [0.1, 0.15) is 10.1 Å². The van der Waals surface area contributed by atoms with Gasteiger partial charge in [-0.25, -0.2) is 9.18 Å². The van der Waals surface area contributed by atoms with Crippen LogP contribution in [0.4, 0.5) is 4.39 Å². The zero-order valence-corrected chi connectivity index (χ0v) is 12.2. The molecular formula is C13H10FNO4S2. The molecule has 5 nitrogen and oxygen atoms in total. The first kappa shape index (κ1) is 15.6. The average Bonchev–Trinajstić information content (AvgIpc) is 2.70. The number of hydrogen-bond acceptors (Lipinski definition) is 5. The Morgan fingerprint density at radius 2 is 2.14 bits per heavy atom. The Morgan fingerprint density at radius 1 is 1.48 bits per heavy atom. The topological polar surface area (TPSA) is 77.8 Å². The maximum Gasteiger partial charge on any atom is 0.329 e. The van der Waals surface area contributed by atoms with Gasteiger partial charge >= 0.3 is 5.97 Å². The summed E-state index contributed by atoms with van der Waals surface area (Å²) < 4.78 is 13.6. The highest BCUT2D eigenvalue weighted by molar-refractivity contribution is 8.26. The number of carboxylic acids is 1. The summed E-state index contributed by atoms with van der Waals surface area (Å²) in [5.74, 6) is -2.52. The summed E-state index contributed by atoms with van der Waals surface area (Å²) in [6, 6.07) is 4.43. The van der Waals surface area contributed by atoms with E-state index in [9.17, 15) is 14.0 Å². The van der Waals surface area contributed by atoms with E-state index in [-0.39, 0.29) is 14.8 Å². The van der Waals surface area contributed by atoms with Crippen molar-refractivity contribution in [2.24, 2.45) is 0 Å². The van der Waals surface area contributed by atoms with Crippen molar-refractivity contribution >= 4 is 46.3 Å². The molecule has 1 aliphatic rings. The van der Waals surface area contributed by atoms with Crippen LogP contribution in [0.3, 0.4) is 0 Å². The molecule has 1 heterocycles. The third kappa shape index (κ3) is 3.12. The molecule has 1 aliphatic heterocycles. The number of benzene rings is 1. The summed E-state index contributed by atoms with van der Waals surface area (Å²) in [4.78, 5) is 24.2. The van der Waals surface area contributed by atoms with Crippen molar-refractivity contribution in [2.75, 3.05) is 6.61 Å². The highest BCUT2D eigenvalue weighted by Gasteiger charge is 2.40. The Hall–Kier alpha value is -1.77. The molecule has 21 heavy (non-hydrogen) atoms. The van der Waals surface area contributed by atoms with Crippen molar-refractivity contribution in [3.63, 3.8) is 0 Å². The van der Waals surface area contributed by atoms with Crippen molar-refractivity contribution in [2.45, 2.75) is 6.04 Å². The number of aliphatic carboxylic acids is 1. The number of nitrogens with zero attached hydrogens (tertiary/aromatic N) is 1. The van der Waals surface area contributed by atoms with Gasteiger partial charge in [-0.1, -0.05) is 42.2 Å². The van der Waals surface area contributed by atoms with Gasteiger partial charge in [-0.05, 0) is 12.1 Å². The second kappa shape index (κ2) is 6.33. The van der Waals surface area contributed by atoms with E-state index in [4.69, 9.17) is 22.4 Å². The number of carbonyl (C=O) groups is 2. The van der Waals surface area contributed by atoms with Gasteiger partial charge in [0.25, 0.3) is 5.91 Å². The minimum Gasteiger partial charge on any atom is -0.480 e. The number of thioether (sulfide) groups is 1. The van der Waals surface area contributed by atoms with Gasteiger partial charge in [0.15, 0.2) is 6.04 Å². The zero-order valence-electron chi connectivity index (χ0n) is 10.5. The van der Waals surface area contributed by atoms with E-state index in [2.05, 4.69) is 0 Å². The van der Waals surface area contributed by atoms with Gasteiger partial charge in [0, 0.05) is 5.56 Å². The Morgan fingerprint density at radius 3 is 2.71 bits per heavy atom. The molecule has 0 unspecified atom stereocenters. The number of thiocarbonyl (C=S) groups is 1. The van der Waals surface area contributed by atoms with Gasteiger partial charge in [0.05, 0.1) is 11.5 Å². The predicted octanol–water partition coefficient (Wildman–Crippen LogP) is 1.47. The smallest absolute Gasteiger partial charge is 0.329 e. The Labute approximate surface area is 129 Å². The molecule has 0 spiro atoms. The minimum absolute atomic E-state index is 0.0176. The standard InChI is InChI=1S/C13H10FNO4S2/c14-8-4-2-1-3-7(8)5-10-11(17)15(13(20)21-10)9(6-16)12(18)19/h1-5,9,16H,6H2,(H,18,19)/b10-5-/t9-/m1/s1. The number of hydrogen-bond donors (Lipinski definition) is 2. The highest BCUT2D eigenvalue weighted by Crippen LogP contribution is 2.34. The van der Waals surface area contributed by atoms with E-state index in [0.29, 0.717) is 0 Å². The number of rotatable bonds is 4. The van der Waals surface area contributed by atoms with Gasteiger partial charge in [-0.2, -0.15) is 0 Å². The molecule has 0 aliphatic carbocycles. The first-order valence-corrected chi connectivity index (χ1v) is 7.03. The third-order valence-electron chi connectivity index (χ3n) is 2.79. The number of amides is 1. The van der Waals surface area contributed by atoms with Gasteiger partial charge in [-0.3, -0.25) is 9.69 Å². The molecule has 2 rings (SSSR count). The molecule has 1 aromatic rings. The van der Waals surface area contributed by atoms with Crippen molar-refractivity contribution in [3.8, 4) is 0 Å². The maximum absolute atomic E-state index is 13.6. The van der Waals surface area contributed by atoms with Crippen molar-refractivity contribution in [1.82, 2.24) is 4.90 Å². The first-order valence-electron chi connectivity index (χ1n) is 5.81. The van der Waals surface area contributed by atoms with Crippen molar-refractivity contribution in [1.29, 1.82) is 0 Å². The van der Waals surface area contributed by atoms with Gasteiger partial charge in [-0.15, -0.1) is 0 Å². The lowest BCUT2D eigenvalue weighted by Gasteiger charge is -2.20. The van der Waals surface area contributed by atoms with Crippen LogP contribution >= 0.6 is 24.0 Å². The first-order chi connectivity index (χ1) is 9.95. The van der Waals surface area contributed by atoms with Crippen molar-refractivity contribution in [3.05, 3.63) is 40.6 Å². The monoisotopic (exact) mass is 327 g/mol. The summed E-state index contributed by atoms with van der Waals surface area (Å²) in [5, 5.41) is 18.1. The molecule has 1 amide bonds. The van der Waals surface area contributed by atoms with Gasteiger partial charge in [0.2, 0.25) is 0 Å². The highest BCUT2D eigenvalue weighted by atomic mass is 32.2. The minimum atomic E-state index is -1.44. The Kier molecular flexibility index (Phi) is 4.71. The van der Waals surface area contributed by atoms with E-state index in [1.807, 2.05) is 0 Å². The van der Waals surface area contributed by atoms with Crippen LogP contribution in [0.15, 0.2) is 29.2 Å². The van der Waals surface area contributed by atoms with Crippen LogP contribution in [0.2, 0.25) is 0 Å². The summed E-state index contributed by atoms with van der Waals surface area (Å²) in [6.07, 6.45) is 1.31. The summed E-state index contributed by atoms with van der Waals surface area (Å²) in [5.41, 5.74) is 0.203.